The van der Waals surface area contributed by atoms with Crippen molar-refractivity contribution in [2.75, 3.05) is 0 Å². The van der Waals surface area contributed by atoms with Crippen LogP contribution in [0.25, 0.3) is 0 Å². The van der Waals surface area contributed by atoms with Crippen LogP contribution in [0.1, 0.15) is 25.8 Å². The van der Waals surface area contributed by atoms with E-state index >= 15 is 0 Å². The van der Waals surface area contributed by atoms with Crippen molar-refractivity contribution in [2.24, 2.45) is 0 Å². The third-order valence-electron chi connectivity index (χ3n) is 2.18. The molecule has 1 amide bonds. The molecule has 0 aliphatic heterocycles. The summed E-state index contributed by atoms with van der Waals surface area (Å²) in [6.45, 7) is 6.13. The molecule has 1 heterocycles. The van der Waals surface area contributed by atoms with Gasteiger partial charge in [-0.05, 0) is 32.4 Å². The molecule has 0 unspecified atom stereocenters. The van der Waals surface area contributed by atoms with Gasteiger partial charge in [0.1, 0.15) is 0 Å². The van der Waals surface area contributed by atoms with Crippen LogP contribution in [0.3, 0.4) is 0 Å². The zero-order valence-corrected chi connectivity index (χ0v) is 9.99. The van der Waals surface area contributed by atoms with Gasteiger partial charge in [0, 0.05) is 31.3 Å². The van der Waals surface area contributed by atoms with Crippen molar-refractivity contribution in [2.45, 2.75) is 39.8 Å². The maximum absolute atomic E-state index is 11.5. The van der Waals surface area contributed by atoms with Crippen LogP contribution in [0.15, 0.2) is 23.1 Å². The van der Waals surface area contributed by atoms with E-state index in [-0.39, 0.29) is 17.5 Å². The Morgan fingerprint density at radius 2 is 2.19 bits per heavy atom. The number of pyridine rings is 1. The van der Waals surface area contributed by atoms with Crippen molar-refractivity contribution in [1.82, 2.24) is 9.88 Å². The minimum atomic E-state index is -0.0580. The highest BCUT2D eigenvalue weighted by atomic mass is 16.2. The van der Waals surface area contributed by atoms with Gasteiger partial charge in [-0.2, -0.15) is 0 Å². The fourth-order valence-electron chi connectivity index (χ4n) is 1.41. The average molecular weight is 222 g/mol. The minimum absolute atomic E-state index is 0.0255. The van der Waals surface area contributed by atoms with E-state index in [1.165, 1.54) is 0 Å². The zero-order valence-electron chi connectivity index (χ0n) is 9.99. The highest BCUT2D eigenvalue weighted by Gasteiger charge is 2.04. The molecule has 1 rings (SSSR count). The Morgan fingerprint density at radius 3 is 2.75 bits per heavy atom. The van der Waals surface area contributed by atoms with E-state index in [0.29, 0.717) is 13.0 Å². The van der Waals surface area contributed by atoms with Crippen LogP contribution in [0, 0.1) is 6.92 Å². The summed E-state index contributed by atoms with van der Waals surface area (Å²) in [5.41, 5.74) is 0.880. The number of nitrogens with zero attached hydrogens (tertiary/aromatic N) is 1. The molecule has 1 aromatic heterocycles. The molecule has 1 aromatic rings. The predicted molar refractivity (Wildman–Crippen MR) is 63.3 cm³/mol. The summed E-state index contributed by atoms with van der Waals surface area (Å²) in [5, 5.41) is 2.79. The molecule has 4 nitrogen and oxygen atoms in total. The van der Waals surface area contributed by atoms with Crippen molar-refractivity contribution in [3.63, 3.8) is 0 Å². The molecule has 0 saturated heterocycles. The standard InChI is InChI=1S/C12H18N2O2/c1-9(2)13-11(15)5-7-14-6-4-10(3)8-12(14)16/h4,6,8-9H,5,7H2,1-3H3,(H,13,15). The van der Waals surface area contributed by atoms with Crippen LogP contribution >= 0.6 is 0 Å². The van der Waals surface area contributed by atoms with E-state index in [1.54, 1.807) is 16.8 Å². The predicted octanol–water partition coefficient (Wildman–Crippen LogP) is 1.07. The van der Waals surface area contributed by atoms with E-state index in [9.17, 15) is 9.59 Å². The first-order valence-corrected chi connectivity index (χ1v) is 5.45. The van der Waals surface area contributed by atoms with Gasteiger partial charge in [-0.15, -0.1) is 0 Å². The lowest BCUT2D eigenvalue weighted by atomic mass is 10.3. The summed E-state index contributed by atoms with van der Waals surface area (Å²) in [6.07, 6.45) is 2.06. The summed E-state index contributed by atoms with van der Waals surface area (Å²) < 4.78 is 1.55. The Balaban J connectivity index is 2.55. The zero-order chi connectivity index (χ0) is 12.1. The van der Waals surface area contributed by atoms with Crippen LogP contribution in [-0.4, -0.2) is 16.5 Å². The Labute approximate surface area is 95.3 Å². The Morgan fingerprint density at radius 1 is 1.50 bits per heavy atom. The van der Waals surface area contributed by atoms with Crippen molar-refractivity contribution >= 4 is 5.91 Å². The minimum Gasteiger partial charge on any atom is -0.354 e. The quantitative estimate of drug-likeness (QED) is 0.828. The van der Waals surface area contributed by atoms with E-state index in [1.807, 2.05) is 26.8 Å². The molecular weight excluding hydrogens is 204 g/mol. The van der Waals surface area contributed by atoms with Crippen LogP contribution in [0.4, 0.5) is 0 Å². The molecule has 88 valence electrons. The van der Waals surface area contributed by atoms with Crippen LogP contribution in [0.2, 0.25) is 0 Å². The molecule has 0 radical (unpaired) electrons. The van der Waals surface area contributed by atoms with Gasteiger partial charge in [0.25, 0.3) is 5.56 Å². The van der Waals surface area contributed by atoms with Gasteiger partial charge in [-0.3, -0.25) is 9.59 Å². The molecule has 0 atom stereocenters. The average Bonchev–Trinajstić information content (AvgIpc) is 2.15. The summed E-state index contributed by atoms with van der Waals surface area (Å²) in [4.78, 5) is 22.9. The molecule has 0 spiro atoms. The first kappa shape index (κ1) is 12.5. The Bertz CT molecular complexity index is 421. The number of amides is 1. The molecule has 0 aliphatic rings. The monoisotopic (exact) mass is 222 g/mol. The normalized spacial score (nSPS) is 10.5. The van der Waals surface area contributed by atoms with Crippen LogP contribution in [0.5, 0.6) is 0 Å². The number of aryl methyl sites for hydroxylation is 2. The largest absolute Gasteiger partial charge is 0.354 e. The molecule has 0 aliphatic carbocycles. The van der Waals surface area contributed by atoms with Gasteiger partial charge < -0.3 is 9.88 Å². The number of aromatic nitrogens is 1. The van der Waals surface area contributed by atoms with Crippen molar-refractivity contribution in [1.29, 1.82) is 0 Å². The van der Waals surface area contributed by atoms with E-state index in [2.05, 4.69) is 5.32 Å². The summed E-state index contributed by atoms with van der Waals surface area (Å²) in [7, 11) is 0. The van der Waals surface area contributed by atoms with Crippen LogP contribution in [-0.2, 0) is 11.3 Å². The first-order valence-electron chi connectivity index (χ1n) is 5.45. The lowest BCUT2D eigenvalue weighted by Crippen LogP contribution is -2.31. The number of hydrogen-bond donors (Lipinski definition) is 1. The highest BCUT2D eigenvalue weighted by molar-refractivity contribution is 5.76. The second-order valence-corrected chi connectivity index (χ2v) is 4.21. The first-order chi connectivity index (χ1) is 7.49. The molecular formula is C12H18N2O2. The third kappa shape index (κ3) is 3.88. The lowest BCUT2D eigenvalue weighted by Gasteiger charge is -2.09. The molecule has 0 aromatic carbocycles. The number of hydrogen-bond acceptors (Lipinski definition) is 2. The fourth-order valence-corrected chi connectivity index (χ4v) is 1.41. The SMILES string of the molecule is Cc1ccn(CCC(=O)NC(C)C)c(=O)c1. The summed E-state index contributed by atoms with van der Waals surface area (Å²) >= 11 is 0. The van der Waals surface area contributed by atoms with Crippen molar-refractivity contribution in [3.05, 3.63) is 34.2 Å². The number of carbonyl (C=O) groups is 1. The lowest BCUT2D eigenvalue weighted by molar-refractivity contribution is -0.121. The van der Waals surface area contributed by atoms with Crippen LogP contribution < -0.4 is 10.9 Å². The number of carbonyl (C=O) groups excluding carboxylic acids is 1. The molecule has 0 bridgehead atoms. The van der Waals surface area contributed by atoms with Gasteiger partial charge in [-0.1, -0.05) is 0 Å². The van der Waals surface area contributed by atoms with Gasteiger partial charge in [-0.25, -0.2) is 0 Å². The smallest absolute Gasteiger partial charge is 0.250 e. The van der Waals surface area contributed by atoms with Gasteiger partial charge in [0.05, 0.1) is 0 Å². The summed E-state index contributed by atoms with van der Waals surface area (Å²) in [5.74, 6) is -0.0255. The van der Waals surface area contributed by atoms with E-state index in [4.69, 9.17) is 0 Å². The Kier molecular flexibility index (Phi) is 4.28. The van der Waals surface area contributed by atoms with E-state index < -0.39 is 0 Å². The van der Waals surface area contributed by atoms with Crippen molar-refractivity contribution in [3.8, 4) is 0 Å². The fraction of sp³-hybridized carbons (Fsp3) is 0.500. The molecule has 16 heavy (non-hydrogen) atoms. The Hall–Kier alpha value is -1.58. The van der Waals surface area contributed by atoms with Gasteiger partial charge in [0.15, 0.2) is 0 Å². The van der Waals surface area contributed by atoms with Gasteiger partial charge >= 0.3 is 0 Å². The maximum atomic E-state index is 11.5. The molecule has 1 N–H and O–H groups in total. The second-order valence-electron chi connectivity index (χ2n) is 4.21. The molecule has 0 saturated carbocycles. The number of nitrogens with one attached hydrogen (secondary N) is 1. The third-order valence-corrected chi connectivity index (χ3v) is 2.18. The number of rotatable bonds is 4. The van der Waals surface area contributed by atoms with Crippen molar-refractivity contribution < 1.29 is 4.79 Å². The van der Waals surface area contributed by atoms with Gasteiger partial charge in [0.2, 0.25) is 5.91 Å². The summed E-state index contributed by atoms with van der Waals surface area (Å²) in [6, 6.07) is 3.57. The molecule has 0 fully saturated rings. The maximum Gasteiger partial charge on any atom is 0.250 e. The topological polar surface area (TPSA) is 51.1 Å². The molecule has 4 heteroatoms. The second kappa shape index (κ2) is 5.49. The van der Waals surface area contributed by atoms with E-state index in [0.717, 1.165) is 5.56 Å². The highest BCUT2D eigenvalue weighted by Crippen LogP contribution is 1.93.